The van der Waals surface area contributed by atoms with Crippen molar-refractivity contribution < 1.29 is 0 Å². The molecule has 0 spiro atoms. The third-order valence-corrected chi connectivity index (χ3v) is 3.44. The molecule has 2 heteroatoms. The van der Waals surface area contributed by atoms with Crippen LogP contribution in [-0.4, -0.2) is 13.1 Å². The fourth-order valence-corrected chi connectivity index (χ4v) is 2.41. The number of nitrogens with zero attached hydrogens (tertiary/aromatic N) is 1. The number of nitrogens with two attached hydrogens (primary N) is 1. The van der Waals surface area contributed by atoms with Crippen molar-refractivity contribution in [1.82, 2.24) is 0 Å². The summed E-state index contributed by atoms with van der Waals surface area (Å²) in [5, 5.41) is 0. The van der Waals surface area contributed by atoms with Crippen molar-refractivity contribution in [1.29, 1.82) is 0 Å². The van der Waals surface area contributed by atoms with E-state index in [4.69, 9.17) is 5.73 Å². The second kappa shape index (κ2) is 4.88. The maximum Gasteiger partial charge on any atom is 0.0366 e. The minimum Gasteiger partial charge on any atom is -0.371 e. The van der Waals surface area contributed by atoms with E-state index in [2.05, 4.69) is 36.1 Å². The van der Waals surface area contributed by atoms with Crippen LogP contribution in [0.15, 0.2) is 24.3 Å². The molecule has 1 aromatic rings. The first kappa shape index (κ1) is 11.5. The lowest BCUT2D eigenvalue weighted by atomic mass is 9.99. The van der Waals surface area contributed by atoms with Crippen LogP contribution >= 0.6 is 0 Å². The lowest BCUT2D eigenvalue weighted by Crippen LogP contribution is -2.34. The zero-order chi connectivity index (χ0) is 11.5. The van der Waals surface area contributed by atoms with Crippen LogP contribution in [0.25, 0.3) is 0 Å². The fourth-order valence-electron chi connectivity index (χ4n) is 2.41. The molecule has 0 amide bonds. The second-order valence-corrected chi connectivity index (χ2v) is 5.07. The second-order valence-electron chi connectivity index (χ2n) is 5.07. The van der Waals surface area contributed by atoms with Gasteiger partial charge in [-0.2, -0.15) is 0 Å². The maximum absolute atomic E-state index is 5.85. The van der Waals surface area contributed by atoms with Gasteiger partial charge in [0.15, 0.2) is 0 Å². The van der Waals surface area contributed by atoms with Crippen LogP contribution in [0.4, 0.5) is 5.69 Å². The summed E-state index contributed by atoms with van der Waals surface area (Å²) >= 11 is 0. The zero-order valence-corrected chi connectivity index (χ0v) is 10.3. The SMILES string of the molecule is CC1CCCN(c2ccc([C@@H](C)N)cc2)C1. The lowest BCUT2D eigenvalue weighted by Gasteiger charge is -2.33. The van der Waals surface area contributed by atoms with E-state index in [1.165, 1.54) is 37.2 Å². The molecule has 1 aliphatic heterocycles. The van der Waals surface area contributed by atoms with Gasteiger partial charge in [-0.3, -0.25) is 0 Å². The Hall–Kier alpha value is -1.02. The molecule has 2 rings (SSSR count). The monoisotopic (exact) mass is 218 g/mol. The lowest BCUT2D eigenvalue weighted by molar-refractivity contribution is 0.447. The first-order valence-corrected chi connectivity index (χ1v) is 6.27. The minimum absolute atomic E-state index is 0.134. The average Bonchev–Trinajstić information content (AvgIpc) is 2.29. The van der Waals surface area contributed by atoms with E-state index in [9.17, 15) is 0 Å². The largest absolute Gasteiger partial charge is 0.371 e. The summed E-state index contributed by atoms with van der Waals surface area (Å²) < 4.78 is 0. The summed E-state index contributed by atoms with van der Waals surface area (Å²) in [6.45, 7) is 6.75. The predicted octanol–water partition coefficient (Wildman–Crippen LogP) is 2.94. The Morgan fingerprint density at radius 1 is 1.31 bits per heavy atom. The normalized spacial score (nSPS) is 23.2. The number of benzene rings is 1. The Labute approximate surface area is 98.4 Å². The molecule has 0 saturated carbocycles. The summed E-state index contributed by atoms with van der Waals surface area (Å²) in [5.41, 5.74) is 8.41. The van der Waals surface area contributed by atoms with Gasteiger partial charge in [-0.05, 0) is 43.4 Å². The van der Waals surface area contributed by atoms with Crippen LogP contribution in [0.5, 0.6) is 0 Å². The number of hydrogen-bond acceptors (Lipinski definition) is 2. The van der Waals surface area contributed by atoms with Gasteiger partial charge in [0.05, 0.1) is 0 Å². The van der Waals surface area contributed by atoms with Crippen molar-refractivity contribution in [2.75, 3.05) is 18.0 Å². The molecule has 1 aromatic carbocycles. The van der Waals surface area contributed by atoms with E-state index in [-0.39, 0.29) is 6.04 Å². The Balaban J connectivity index is 2.09. The highest BCUT2D eigenvalue weighted by atomic mass is 15.1. The zero-order valence-electron chi connectivity index (χ0n) is 10.3. The van der Waals surface area contributed by atoms with Crippen LogP contribution in [0, 0.1) is 5.92 Å². The molecule has 2 atom stereocenters. The Bertz CT molecular complexity index is 329. The van der Waals surface area contributed by atoms with Gasteiger partial charge < -0.3 is 10.6 Å². The smallest absolute Gasteiger partial charge is 0.0366 e. The topological polar surface area (TPSA) is 29.3 Å². The van der Waals surface area contributed by atoms with E-state index in [1.807, 2.05) is 6.92 Å². The van der Waals surface area contributed by atoms with E-state index in [0.717, 1.165) is 5.92 Å². The predicted molar refractivity (Wildman–Crippen MR) is 69.7 cm³/mol. The van der Waals surface area contributed by atoms with Gasteiger partial charge in [0.1, 0.15) is 0 Å². The maximum atomic E-state index is 5.85. The highest BCUT2D eigenvalue weighted by molar-refractivity contribution is 5.48. The first-order valence-electron chi connectivity index (χ1n) is 6.27. The molecule has 1 aliphatic rings. The molecule has 1 heterocycles. The van der Waals surface area contributed by atoms with Gasteiger partial charge in [0.25, 0.3) is 0 Å². The highest BCUT2D eigenvalue weighted by Gasteiger charge is 2.16. The molecule has 1 saturated heterocycles. The van der Waals surface area contributed by atoms with Gasteiger partial charge >= 0.3 is 0 Å². The number of rotatable bonds is 2. The standard InChI is InChI=1S/C14H22N2/c1-11-4-3-9-16(10-11)14-7-5-13(6-8-14)12(2)15/h5-8,11-12H,3-4,9-10,15H2,1-2H3/t11?,12-/m1/s1. The van der Waals surface area contributed by atoms with Gasteiger partial charge in [-0.25, -0.2) is 0 Å². The molecule has 2 nitrogen and oxygen atoms in total. The first-order chi connectivity index (χ1) is 7.66. The summed E-state index contributed by atoms with van der Waals surface area (Å²) in [7, 11) is 0. The third-order valence-electron chi connectivity index (χ3n) is 3.44. The molecule has 1 fully saturated rings. The molecule has 0 aliphatic carbocycles. The number of anilines is 1. The van der Waals surface area contributed by atoms with Crippen molar-refractivity contribution >= 4 is 5.69 Å². The summed E-state index contributed by atoms with van der Waals surface area (Å²) in [6, 6.07) is 8.85. The van der Waals surface area contributed by atoms with Crippen LogP contribution < -0.4 is 10.6 Å². The molecule has 0 radical (unpaired) electrons. The number of hydrogen-bond donors (Lipinski definition) is 1. The van der Waals surface area contributed by atoms with Crippen molar-refractivity contribution in [3.8, 4) is 0 Å². The quantitative estimate of drug-likeness (QED) is 0.827. The number of piperidine rings is 1. The molecule has 88 valence electrons. The molecule has 0 aromatic heterocycles. The van der Waals surface area contributed by atoms with Gasteiger partial charge in [-0.15, -0.1) is 0 Å². The van der Waals surface area contributed by atoms with Gasteiger partial charge in [-0.1, -0.05) is 19.1 Å². The van der Waals surface area contributed by atoms with Crippen LogP contribution in [0.3, 0.4) is 0 Å². The molecule has 16 heavy (non-hydrogen) atoms. The van der Waals surface area contributed by atoms with Crippen LogP contribution in [-0.2, 0) is 0 Å². The minimum atomic E-state index is 0.134. The van der Waals surface area contributed by atoms with Gasteiger partial charge in [0.2, 0.25) is 0 Å². The molecule has 0 bridgehead atoms. The highest BCUT2D eigenvalue weighted by Crippen LogP contribution is 2.24. The van der Waals surface area contributed by atoms with E-state index in [0.29, 0.717) is 0 Å². The van der Waals surface area contributed by atoms with Crippen LogP contribution in [0.1, 0.15) is 38.3 Å². The summed E-state index contributed by atoms with van der Waals surface area (Å²) in [6.07, 6.45) is 2.69. The Kier molecular flexibility index (Phi) is 3.49. The van der Waals surface area contributed by atoms with E-state index in [1.54, 1.807) is 0 Å². The summed E-state index contributed by atoms with van der Waals surface area (Å²) in [5.74, 6) is 0.821. The van der Waals surface area contributed by atoms with E-state index >= 15 is 0 Å². The van der Waals surface area contributed by atoms with Crippen molar-refractivity contribution in [2.45, 2.75) is 32.7 Å². The third kappa shape index (κ3) is 2.56. The fraction of sp³-hybridized carbons (Fsp3) is 0.571. The van der Waals surface area contributed by atoms with Crippen LogP contribution in [0.2, 0.25) is 0 Å². The van der Waals surface area contributed by atoms with Crippen molar-refractivity contribution in [3.05, 3.63) is 29.8 Å². The van der Waals surface area contributed by atoms with E-state index < -0.39 is 0 Å². The van der Waals surface area contributed by atoms with Crippen molar-refractivity contribution in [2.24, 2.45) is 11.7 Å². The molecular formula is C14H22N2. The average molecular weight is 218 g/mol. The molecule has 1 unspecified atom stereocenters. The summed E-state index contributed by atoms with van der Waals surface area (Å²) in [4.78, 5) is 2.49. The Morgan fingerprint density at radius 3 is 2.56 bits per heavy atom. The van der Waals surface area contributed by atoms with Crippen molar-refractivity contribution in [3.63, 3.8) is 0 Å². The Morgan fingerprint density at radius 2 is 2.00 bits per heavy atom. The van der Waals surface area contributed by atoms with Gasteiger partial charge in [0, 0.05) is 24.8 Å². The molecule has 2 N–H and O–H groups in total. The molecular weight excluding hydrogens is 196 g/mol.